The van der Waals surface area contributed by atoms with Crippen LogP contribution >= 0.6 is 0 Å². The number of carbonyl (C=O) groups excluding carboxylic acids is 5. The zero-order valence-electron chi connectivity index (χ0n) is 35.1. The van der Waals surface area contributed by atoms with Gasteiger partial charge in [-0.1, -0.05) is 50.6 Å². The van der Waals surface area contributed by atoms with Gasteiger partial charge in [0.05, 0.1) is 29.7 Å². The number of aliphatic hydroxyl groups is 2. The van der Waals surface area contributed by atoms with Crippen molar-refractivity contribution in [1.82, 2.24) is 35.0 Å². The lowest BCUT2D eigenvalue weighted by Gasteiger charge is -2.24. The van der Waals surface area contributed by atoms with Crippen molar-refractivity contribution in [2.75, 3.05) is 24.1 Å². The van der Waals surface area contributed by atoms with Crippen molar-refractivity contribution in [2.24, 2.45) is 5.92 Å². The predicted octanol–water partition coefficient (Wildman–Crippen LogP) is 3.96. The third-order valence-corrected chi connectivity index (χ3v) is 10.1. The number of para-hydroxylation sites is 1. The molecule has 0 bridgehead atoms. The first-order chi connectivity index (χ1) is 28.4. The highest BCUT2D eigenvalue weighted by atomic mass is 16.6. The van der Waals surface area contributed by atoms with Gasteiger partial charge in [-0.25, -0.2) is 14.8 Å². The SMILES string of the molecule is CCN(Cc1nc2c(N)nc3ccccc3c2n1CC(C)(C)O)C(=O)OCc1ccc(NC(=O)[C@H](C)NC(=O)[C@@H](NC(=O)CCCCCN2C(=O)C=CC2O)C(C)C)cc1. The number of nitrogens with two attached hydrogens (primary N) is 1. The van der Waals surface area contributed by atoms with Gasteiger partial charge in [0.2, 0.25) is 23.6 Å². The van der Waals surface area contributed by atoms with E-state index in [1.807, 2.05) is 35.8 Å². The Hall–Kier alpha value is -6.07. The van der Waals surface area contributed by atoms with E-state index in [4.69, 9.17) is 15.5 Å². The number of unbranched alkanes of at least 4 members (excludes halogenated alkanes) is 2. The average molecular weight is 828 g/mol. The molecule has 322 valence electrons. The van der Waals surface area contributed by atoms with Crippen molar-refractivity contribution in [2.45, 2.75) is 111 Å². The standard InChI is InChI=1S/C43H57N9O8/c1-7-50(23-32-48-37-38(52(32)25-43(5,6)59)30-13-10-11-14-31(30)47-39(37)44)42(58)60-24-28-16-18-29(19-17-28)46-40(56)27(4)45-41(57)36(26(2)3)49-33(53)15-9-8-12-22-51-34(54)20-21-35(51)55/h10-11,13-14,16-21,26-27,34,36,54,59H,7-9,12,15,22-25H2,1-6H3,(H2,44,47)(H,45,57)(H,46,56)(H,49,53)/t27-,34?,36-/m0/s1. The number of aliphatic hydroxyl groups excluding tert-OH is 1. The molecule has 3 atom stereocenters. The van der Waals surface area contributed by atoms with Gasteiger partial charge in [-0.2, -0.15) is 0 Å². The molecule has 4 aromatic rings. The number of carbonyl (C=O) groups is 5. The van der Waals surface area contributed by atoms with E-state index in [0.29, 0.717) is 60.5 Å². The molecule has 1 aliphatic rings. The second-order valence-corrected chi connectivity index (χ2v) is 16.0. The number of rotatable bonds is 19. The fourth-order valence-electron chi connectivity index (χ4n) is 6.86. The molecule has 3 heterocycles. The van der Waals surface area contributed by atoms with Crippen LogP contribution in [0.15, 0.2) is 60.7 Å². The first-order valence-corrected chi connectivity index (χ1v) is 20.3. The van der Waals surface area contributed by atoms with E-state index in [1.54, 1.807) is 58.9 Å². The molecule has 0 saturated carbocycles. The topological polar surface area (TPSA) is 234 Å². The Morgan fingerprint density at radius 1 is 0.983 bits per heavy atom. The summed E-state index contributed by atoms with van der Waals surface area (Å²) < 4.78 is 7.55. The highest BCUT2D eigenvalue weighted by molar-refractivity contribution is 6.06. The van der Waals surface area contributed by atoms with Gasteiger partial charge < -0.3 is 51.0 Å². The summed E-state index contributed by atoms with van der Waals surface area (Å²) in [5.74, 6) is -0.968. The third-order valence-electron chi connectivity index (χ3n) is 10.1. The molecule has 1 aliphatic heterocycles. The van der Waals surface area contributed by atoms with Crippen LogP contribution in [0.2, 0.25) is 0 Å². The van der Waals surface area contributed by atoms with E-state index in [0.717, 1.165) is 10.9 Å². The summed E-state index contributed by atoms with van der Waals surface area (Å²) in [5.41, 5.74) is 8.27. The minimum atomic E-state index is -1.10. The monoisotopic (exact) mass is 827 g/mol. The number of nitrogen functional groups attached to an aromatic ring is 1. The zero-order chi connectivity index (χ0) is 43.7. The number of ether oxygens (including phenoxy) is 1. The van der Waals surface area contributed by atoms with Gasteiger partial charge in [0.15, 0.2) is 5.82 Å². The molecule has 17 heteroatoms. The molecular weight excluding hydrogens is 771 g/mol. The molecule has 5 rings (SSSR count). The molecular formula is C43H57N9O8. The number of imidazole rings is 1. The Morgan fingerprint density at radius 2 is 1.70 bits per heavy atom. The maximum atomic E-state index is 13.3. The fraction of sp³-hybridized carbons (Fsp3) is 0.465. The Bertz CT molecular complexity index is 2210. The van der Waals surface area contributed by atoms with Gasteiger partial charge >= 0.3 is 6.09 Å². The van der Waals surface area contributed by atoms with E-state index in [1.165, 1.54) is 22.0 Å². The summed E-state index contributed by atoms with van der Waals surface area (Å²) in [6, 6.07) is 12.5. The molecule has 7 N–H and O–H groups in total. The van der Waals surface area contributed by atoms with Gasteiger partial charge in [0.1, 0.15) is 36.3 Å². The lowest BCUT2D eigenvalue weighted by Crippen LogP contribution is -2.53. The molecule has 0 saturated heterocycles. The number of pyridine rings is 1. The summed E-state index contributed by atoms with van der Waals surface area (Å²) in [5, 5.41) is 29.7. The minimum Gasteiger partial charge on any atom is -0.445 e. The number of amides is 5. The number of benzene rings is 2. The van der Waals surface area contributed by atoms with Gasteiger partial charge in [-0.15, -0.1) is 0 Å². The summed E-state index contributed by atoms with van der Waals surface area (Å²) in [7, 11) is 0. The molecule has 60 heavy (non-hydrogen) atoms. The number of nitrogens with one attached hydrogen (secondary N) is 3. The quantitative estimate of drug-likeness (QED) is 0.0741. The normalized spacial score (nSPS) is 15.1. The number of fused-ring (bicyclic) bond motifs is 3. The lowest BCUT2D eigenvalue weighted by molar-refractivity contribution is -0.132. The molecule has 0 aliphatic carbocycles. The van der Waals surface area contributed by atoms with Crippen LogP contribution in [0.4, 0.5) is 16.3 Å². The molecule has 5 amide bonds. The van der Waals surface area contributed by atoms with Crippen LogP contribution in [0.5, 0.6) is 0 Å². The van der Waals surface area contributed by atoms with E-state index >= 15 is 0 Å². The van der Waals surface area contributed by atoms with Crippen molar-refractivity contribution in [3.63, 3.8) is 0 Å². The Morgan fingerprint density at radius 3 is 2.35 bits per heavy atom. The van der Waals surface area contributed by atoms with E-state index in [9.17, 15) is 34.2 Å². The van der Waals surface area contributed by atoms with Gasteiger partial charge in [-0.05, 0) is 76.3 Å². The maximum absolute atomic E-state index is 13.3. The highest BCUT2D eigenvalue weighted by Gasteiger charge is 2.28. The van der Waals surface area contributed by atoms with Crippen molar-refractivity contribution >= 4 is 63.2 Å². The molecule has 0 fully saturated rings. The predicted molar refractivity (Wildman–Crippen MR) is 227 cm³/mol. The number of nitrogens with zero attached hydrogens (tertiary/aromatic N) is 5. The molecule has 2 aromatic heterocycles. The number of hydrogen-bond acceptors (Lipinski definition) is 11. The van der Waals surface area contributed by atoms with Gasteiger partial charge in [0, 0.05) is 36.7 Å². The molecule has 2 aromatic carbocycles. The number of aromatic nitrogens is 3. The van der Waals surface area contributed by atoms with Crippen molar-refractivity contribution < 1.29 is 38.9 Å². The van der Waals surface area contributed by atoms with E-state index < -0.39 is 41.8 Å². The third kappa shape index (κ3) is 11.6. The van der Waals surface area contributed by atoms with Crippen LogP contribution in [0.3, 0.4) is 0 Å². The molecule has 1 unspecified atom stereocenters. The van der Waals surface area contributed by atoms with E-state index in [2.05, 4.69) is 20.9 Å². The van der Waals surface area contributed by atoms with Crippen LogP contribution in [0.25, 0.3) is 21.9 Å². The van der Waals surface area contributed by atoms with Gasteiger partial charge in [-0.3, -0.25) is 19.2 Å². The van der Waals surface area contributed by atoms with Crippen molar-refractivity contribution in [3.8, 4) is 0 Å². The Balaban J connectivity index is 1.10. The van der Waals surface area contributed by atoms with Crippen LogP contribution in [-0.4, -0.2) is 101 Å². The van der Waals surface area contributed by atoms with Crippen molar-refractivity contribution in [3.05, 3.63) is 72.1 Å². The maximum Gasteiger partial charge on any atom is 0.410 e. The summed E-state index contributed by atoms with van der Waals surface area (Å²) in [4.78, 5) is 76.1. The summed E-state index contributed by atoms with van der Waals surface area (Å²) >= 11 is 0. The highest BCUT2D eigenvalue weighted by Crippen LogP contribution is 2.30. The lowest BCUT2D eigenvalue weighted by atomic mass is 10.0. The average Bonchev–Trinajstić information content (AvgIpc) is 3.71. The van der Waals surface area contributed by atoms with E-state index in [-0.39, 0.29) is 49.7 Å². The zero-order valence-corrected chi connectivity index (χ0v) is 35.1. The number of anilines is 2. The second-order valence-electron chi connectivity index (χ2n) is 16.0. The fourth-order valence-corrected chi connectivity index (χ4v) is 6.86. The van der Waals surface area contributed by atoms with Crippen LogP contribution in [-0.2, 0) is 43.6 Å². The summed E-state index contributed by atoms with van der Waals surface area (Å²) in [6.07, 6.45) is 3.30. The first-order valence-electron chi connectivity index (χ1n) is 20.3. The van der Waals surface area contributed by atoms with Crippen molar-refractivity contribution in [1.29, 1.82) is 0 Å². The molecule has 17 nitrogen and oxygen atoms in total. The Kier molecular flexibility index (Phi) is 14.8. The summed E-state index contributed by atoms with van der Waals surface area (Å²) in [6.45, 7) is 11.3. The second kappa shape index (κ2) is 19.8. The first kappa shape index (κ1) is 45.0. The van der Waals surface area contributed by atoms with Gasteiger partial charge in [0.25, 0.3) is 0 Å². The number of hydrogen-bond donors (Lipinski definition) is 6. The van der Waals surface area contributed by atoms with Crippen LogP contribution < -0.4 is 21.7 Å². The van der Waals surface area contributed by atoms with Crippen LogP contribution in [0.1, 0.15) is 78.6 Å². The largest absolute Gasteiger partial charge is 0.445 e. The van der Waals surface area contributed by atoms with Crippen LogP contribution in [0, 0.1) is 5.92 Å². The smallest absolute Gasteiger partial charge is 0.410 e. The Labute approximate surface area is 349 Å². The molecule has 0 spiro atoms. The minimum absolute atomic E-state index is 0.0403. The molecule has 0 radical (unpaired) electrons.